The van der Waals surface area contributed by atoms with Gasteiger partial charge in [0.25, 0.3) is 5.69 Å². The quantitative estimate of drug-likeness (QED) is 0.669. The van der Waals surface area contributed by atoms with Crippen LogP contribution in [0.2, 0.25) is 0 Å². The van der Waals surface area contributed by atoms with E-state index in [0.717, 1.165) is 16.7 Å². The molecule has 2 rings (SSSR count). The molecule has 0 atom stereocenters. The van der Waals surface area contributed by atoms with Crippen LogP contribution in [0.4, 0.5) is 5.69 Å². The monoisotopic (exact) mass is 271 g/mol. The van der Waals surface area contributed by atoms with Crippen LogP contribution in [0.15, 0.2) is 48.5 Å². The standard InChI is InChI=1S/C15H13NO4/c17-15(18)10-12-6-4-11(5-7-12)8-13-2-1-3-14(9-13)16(19)20/h1-7,9H,8,10H2,(H,17,18). The van der Waals surface area contributed by atoms with Gasteiger partial charge in [-0.2, -0.15) is 0 Å². The fraction of sp³-hybridized carbons (Fsp3) is 0.133. The van der Waals surface area contributed by atoms with Crippen molar-refractivity contribution in [2.45, 2.75) is 12.8 Å². The third-order valence-corrected chi connectivity index (χ3v) is 2.91. The normalized spacial score (nSPS) is 10.2. The number of nitro groups is 1. The van der Waals surface area contributed by atoms with Crippen molar-refractivity contribution in [2.75, 3.05) is 0 Å². The van der Waals surface area contributed by atoms with Gasteiger partial charge in [-0.15, -0.1) is 0 Å². The van der Waals surface area contributed by atoms with Gasteiger partial charge in [0.1, 0.15) is 0 Å². The molecule has 0 bridgehead atoms. The zero-order valence-corrected chi connectivity index (χ0v) is 10.7. The first-order valence-electron chi connectivity index (χ1n) is 6.07. The highest BCUT2D eigenvalue weighted by Crippen LogP contribution is 2.17. The number of hydrogen-bond donors (Lipinski definition) is 1. The van der Waals surface area contributed by atoms with Gasteiger partial charge in [0.05, 0.1) is 11.3 Å². The van der Waals surface area contributed by atoms with Crippen LogP contribution in [0.25, 0.3) is 0 Å². The lowest BCUT2D eigenvalue weighted by atomic mass is 10.0. The predicted octanol–water partition coefficient (Wildman–Crippen LogP) is 2.81. The maximum Gasteiger partial charge on any atom is 0.307 e. The Morgan fingerprint density at radius 1 is 1.05 bits per heavy atom. The number of nitro benzene ring substituents is 1. The van der Waals surface area contributed by atoms with E-state index in [0.29, 0.717) is 6.42 Å². The van der Waals surface area contributed by atoms with Crippen LogP contribution >= 0.6 is 0 Å². The summed E-state index contributed by atoms with van der Waals surface area (Å²) in [6, 6.07) is 13.7. The Labute approximate surface area is 115 Å². The maximum atomic E-state index is 10.7. The average molecular weight is 271 g/mol. The highest BCUT2D eigenvalue weighted by Gasteiger charge is 2.06. The Morgan fingerprint density at radius 2 is 1.70 bits per heavy atom. The molecule has 5 nitrogen and oxygen atoms in total. The summed E-state index contributed by atoms with van der Waals surface area (Å²) in [5.74, 6) is -0.864. The van der Waals surface area contributed by atoms with Gasteiger partial charge in [0, 0.05) is 12.1 Å². The number of non-ortho nitro benzene ring substituents is 1. The molecule has 2 aromatic carbocycles. The Bertz CT molecular complexity index is 635. The van der Waals surface area contributed by atoms with Crippen LogP contribution in [0.1, 0.15) is 16.7 Å². The predicted molar refractivity (Wildman–Crippen MR) is 73.7 cm³/mol. The zero-order valence-electron chi connectivity index (χ0n) is 10.7. The van der Waals surface area contributed by atoms with Crippen LogP contribution in [-0.2, 0) is 17.6 Å². The van der Waals surface area contributed by atoms with E-state index < -0.39 is 10.9 Å². The van der Waals surface area contributed by atoms with Crippen molar-refractivity contribution in [3.63, 3.8) is 0 Å². The minimum atomic E-state index is -0.864. The van der Waals surface area contributed by atoms with Crippen molar-refractivity contribution in [3.05, 3.63) is 75.3 Å². The number of carboxylic acid groups (broad SMARTS) is 1. The lowest BCUT2D eigenvalue weighted by Crippen LogP contribution is -2.00. The SMILES string of the molecule is O=C(O)Cc1ccc(Cc2cccc([N+](=O)[O-])c2)cc1. The molecule has 0 unspecified atom stereocenters. The summed E-state index contributed by atoms with van der Waals surface area (Å²) in [6.45, 7) is 0. The molecular weight excluding hydrogens is 258 g/mol. The molecule has 102 valence electrons. The van der Waals surface area contributed by atoms with E-state index in [1.807, 2.05) is 18.2 Å². The number of nitrogens with zero attached hydrogens (tertiary/aromatic N) is 1. The number of carboxylic acids is 1. The lowest BCUT2D eigenvalue weighted by molar-refractivity contribution is -0.384. The van der Waals surface area contributed by atoms with Gasteiger partial charge in [-0.05, 0) is 23.1 Å². The van der Waals surface area contributed by atoms with Gasteiger partial charge < -0.3 is 5.11 Å². The number of rotatable bonds is 5. The molecule has 5 heteroatoms. The maximum absolute atomic E-state index is 10.7. The van der Waals surface area contributed by atoms with E-state index in [4.69, 9.17) is 5.11 Å². The average Bonchev–Trinajstić information content (AvgIpc) is 2.41. The molecule has 0 aromatic heterocycles. The van der Waals surface area contributed by atoms with Crippen molar-refractivity contribution >= 4 is 11.7 Å². The first kappa shape index (κ1) is 13.7. The highest BCUT2D eigenvalue weighted by atomic mass is 16.6. The van der Waals surface area contributed by atoms with Gasteiger partial charge >= 0.3 is 5.97 Å². The molecule has 0 aliphatic heterocycles. The smallest absolute Gasteiger partial charge is 0.307 e. The fourth-order valence-electron chi connectivity index (χ4n) is 1.97. The van der Waals surface area contributed by atoms with E-state index in [2.05, 4.69) is 0 Å². The molecule has 20 heavy (non-hydrogen) atoms. The Hall–Kier alpha value is -2.69. The largest absolute Gasteiger partial charge is 0.481 e. The minimum Gasteiger partial charge on any atom is -0.481 e. The van der Waals surface area contributed by atoms with Crippen LogP contribution in [0, 0.1) is 10.1 Å². The molecule has 2 aromatic rings. The van der Waals surface area contributed by atoms with Gasteiger partial charge in [-0.1, -0.05) is 36.4 Å². The van der Waals surface area contributed by atoms with Crippen molar-refractivity contribution in [3.8, 4) is 0 Å². The van der Waals surface area contributed by atoms with Crippen LogP contribution in [0.5, 0.6) is 0 Å². The van der Waals surface area contributed by atoms with Crippen molar-refractivity contribution in [2.24, 2.45) is 0 Å². The van der Waals surface area contributed by atoms with Crippen LogP contribution in [-0.4, -0.2) is 16.0 Å². The molecule has 1 N–H and O–H groups in total. The molecule has 0 aliphatic rings. The van der Waals surface area contributed by atoms with Gasteiger partial charge in [0.15, 0.2) is 0 Å². The van der Waals surface area contributed by atoms with Crippen molar-refractivity contribution in [1.29, 1.82) is 0 Å². The van der Waals surface area contributed by atoms with Crippen molar-refractivity contribution in [1.82, 2.24) is 0 Å². The minimum absolute atomic E-state index is 0.00289. The summed E-state index contributed by atoms with van der Waals surface area (Å²) in [6.07, 6.45) is 0.576. The second-order valence-electron chi connectivity index (χ2n) is 4.49. The van der Waals surface area contributed by atoms with Gasteiger partial charge in [-0.25, -0.2) is 0 Å². The molecular formula is C15H13NO4. The van der Waals surface area contributed by atoms with Gasteiger partial charge in [-0.3, -0.25) is 14.9 Å². The topological polar surface area (TPSA) is 80.4 Å². The summed E-state index contributed by atoms with van der Waals surface area (Å²) in [5, 5.41) is 19.4. The number of hydrogen-bond acceptors (Lipinski definition) is 3. The molecule has 0 amide bonds. The molecule has 0 aliphatic carbocycles. The van der Waals surface area contributed by atoms with E-state index >= 15 is 0 Å². The lowest BCUT2D eigenvalue weighted by Gasteiger charge is -2.03. The summed E-state index contributed by atoms with van der Waals surface area (Å²) >= 11 is 0. The zero-order chi connectivity index (χ0) is 14.5. The summed E-state index contributed by atoms with van der Waals surface area (Å²) in [5.41, 5.74) is 2.65. The molecule has 0 heterocycles. The van der Waals surface area contributed by atoms with Crippen LogP contribution < -0.4 is 0 Å². The Kier molecular flexibility index (Phi) is 4.10. The first-order chi connectivity index (χ1) is 9.54. The highest BCUT2D eigenvalue weighted by molar-refractivity contribution is 5.70. The molecule has 0 spiro atoms. The molecule has 0 radical (unpaired) electrons. The second-order valence-corrected chi connectivity index (χ2v) is 4.49. The summed E-state index contributed by atoms with van der Waals surface area (Å²) in [4.78, 5) is 20.9. The Morgan fingerprint density at radius 3 is 2.30 bits per heavy atom. The molecule has 0 fully saturated rings. The first-order valence-corrected chi connectivity index (χ1v) is 6.07. The van der Waals surface area contributed by atoms with E-state index in [1.54, 1.807) is 24.3 Å². The fourth-order valence-corrected chi connectivity index (χ4v) is 1.97. The van der Waals surface area contributed by atoms with E-state index in [1.165, 1.54) is 6.07 Å². The second kappa shape index (κ2) is 5.97. The third-order valence-electron chi connectivity index (χ3n) is 2.91. The van der Waals surface area contributed by atoms with Crippen molar-refractivity contribution < 1.29 is 14.8 Å². The Balaban J connectivity index is 2.11. The number of benzene rings is 2. The number of aliphatic carboxylic acids is 1. The third kappa shape index (κ3) is 3.65. The number of carbonyl (C=O) groups is 1. The van der Waals surface area contributed by atoms with Crippen LogP contribution in [0.3, 0.4) is 0 Å². The molecule has 0 saturated carbocycles. The molecule has 0 saturated heterocycles. The van der Waals surface area contributed by atoms with Gasteiger partial charge in [0.2, 0.25) is 0 Å². The summed E-state index contributed by atoms with van der Waals surface area (Å²) < 4.78 is 0. The van der Waals surface area contributed by atoms with E-state index in [9.17, 15) is 14.9 Å². The van der Waals surface area contributed by atoms with E-state index in [-0.39, 0.29) is 12.1 Å². The summed E-state index contributed by atoms with van der Waals surface area (Å²) in [7, 11) is 0.